The Morgan fingerprint density at radius 1 is 0.690 bits per heavy atom. The fourth-order valence-corrected chi connectivity index (χ4v) is 3.11. The topological polar surface area (TPSA) is 64.6 Å². The Morgan fingerprint density at radius 3 is 1.59 bits per heavy atom. The van der Waals surface area contributed by atoms with Crippen molar-refractivity contribution in [3.8, 4) is 0 Å². The second kappa shape index (κ2) is 20.0. The summed E-state index contributed by atoms with van der Waals surface area (Å²) in [6, 6.07) is -0.679. The van der Waals surface area contributed by atoms with Crippen molar-refractivity contribution in [2.24, 2.45) is 5.92 Å². The van der Waals surface area contributed by atoms with Gasteiger partial charge in [-0.1, -0.05) is 104 Å². The zero-order valence-electron chi connectivity index (χ0n) is 19.6. The summed E-state index contributed by atoms with van der Waals surface area (Å²) in [7, 11) is 0. The molecule has 0 spiro atoms. The summed E-state index contributed by atoms with van der Waals surface area (Å²) in [5.74, 6) is -0.135. The third-order valence-electron chi connectivity index (χ3n) is 4.98. The number of carbonyl (C=O) groups is 2. The minimum absolute atomic E-state index is 0.267. The molecule has 0 aromatic heterocycles. The van der Waals surface area contributed by atoms with Crippen molar-refractivity contribution in [1.29, 1.82) is 0 Å². The molecule has 5 nitrogen and oxygen atoms in total. The first-order chi connectivity index (χ1) is 14.0. The average Bonchev–Trinajstić information content (AvgIpc) is 2.69. The van der Waals surface area contributed by atoms with Gasteiger partial charge in [0.25, 0.3) is 0 Å². The van der Waals surface area contributed by atoms with Crippen molar-refractivity contribution in [2.45, 2.75) is 124 Å². The van der Waals surface area contributed by atoms with Crippen LogP contribution in [0.25, 0.3) is 0 Å². The van der Waals surface area contributed by atoms with Crippen molar-refractivity contribution in [1.82, 2.24) is 5.32 Å². The molecule has 0 fully saturated rings. The Balaban J connectivity index is 3.38. The molecule has 0 rings (SSSR count). The third kappa shape index (κ3) is 19.8. The molecule has 0 saturated carbocycles. The molecular weight excluding hydrogens is 366 g/mol. The van der Waals surface area contributed by atoms with Gasteiger partial charge in [-0.15, -0.1) is 0 Å². The number of nitrogens with one attached hydrogen (secondary N) is 1. The summed E-state index contributed by atoms with van der Waals surface area (Å²) in [6.45, 7) is 8.56. The molecule has 1 amide bonds. The molecular formula is C24H47NO4. The van der Waals surface area contributed by atoms with E-state index in [1.165, 1.54) is 77.0 Å². The SMILES string of the molecule is CCCCCCCCCCCCCCCCOC(=O)[C@H](C)NC(=O)OCC(C)C. The lowest BCUT2D eigenvalue weighted by molar-refractivity contribution is -0.145. The number of esters is 1. The summed E-state index contributed by atoms with van der Waals surface area (Å²) < 4.78 is 10.2. The lowest BCUT2D eigenvalue weighted by atomic mass is 10.0. The second-order valence-electron chi connectivity index (χ2n) is 8.62. The molecule has 0 aliphatic rings. The highest BCUT2D eigenvalue weighted by Gasteiger charge is 2.17. The van der Waals surface area contributed by atoms with E-state index < -0.39 is 18.1 Å². The molecule has 29 heavy (non-hydrogen) atoms. The predicted molar refractivity (Wildman–Crippen MR) is 120 cm³/mol. The second-order valence-corrected chi connectivity index (χ2v) is 8.62. The predicted octanol–water partition coefficient (Wildman–Crippen LogP) is 6.78. The van der Waals surface area contributed by atoms with E-state index in [0.717, 1.165) is 12.8 Å². The van der Waals surface area contributed by atoms with Crippen LogP contribution in [0.2, 0.25) is 0 Å². The van der Waals surface area contributed by atoms with Crippen molar-refractivity contribution in [3.05, 3.63) is 0 Å². The molecule has 0 aliphatic carbocycles. The maximum absolute atomic E-state index is 11.9. The quantitative estimate of drug-likeness (QED) is 0.187. The van der Waals surface area contributed by atoms with Gasteiger partial charge in [-0.05, 0) is 19.3 Å². The maximum Gasteiger partial charge on any atom is 0.407 e. The molecule has 0 aromatic rings. The number of hydrogen-bond acceptors (Lipinski definition) is 4. The Kier molecular flexibility index (Phi) is 19.2. The molecule has 1 atom stereocenters. The Bertz CT molecular complexity index is 398. The molecule has 0 aromatic carbocycles. The van der Waals surface area contributed by atoms with Crippen molar-refractivity contribution >= 4 is 12.1 Å². The monoisotopic (exact) mass is 413 g/mol. The lowest BCUT2D eigenvalue weighted by Crippen LogP contribution is -2.40. The fraction of sp³-hybridized carbons (Fsp3) is 0.917. The minimum Gasteiger partial charge on any atom is -0.464 e. The zero-order valence-corrected chi connectivity index (χ0v) is 19.6. The smallest absolute Gasteiger partial charge is 0.407 e. The van der Waals surface area contributed by atoms with Crippen LogP contribution in [0.4, 0.5) is 4.79 Å². The van der Waals surface area contributed by atoms with Gasteiger partial charge in [0.15, 0.2) is 0 Å². The fourth-order valence-electron chi connectivity index (χ4n) is 3.11. The molecule has 0 aliphatic heterocycles. The number of amides is 1. The van der Waals surface area contributed by atoms with Crippen molar-refractivity contribution in [2.75, 3.05) is 13.2 Å². The van der Waals surface area contributed by atoms with Gasteiger partial charge in [0.2, 0.25) is 0 Å². The van der Waals surface area contributed by atoms with E-state index in [1.54, 1.807) is 6.92 Å². The van der Waals surface area contributed by atoms with Crippen LogP contribution in [0.3, 0.4) is 0 Å². The van der Waals surface area contributed by atoms with E-state index >= 15 is 0 Å². The van der Waals surface area contributed by atoms with Gasteiger partial charge < -0.3 is 14.8 Å². The molecule has 5 heteroatoms. The zero-order chi connectivity index (χ0) is 21.7. The van der Waals surface area contributed by atoms with Crippen LogP contribution in [0.15, 0.2) is 0 Å². The third-order valence-corrected chi connectivity index (χ3v) is 4.98. The first-order valence-electron chi connectivity index (χ1n) is 12.1. The molecule has 172 valence electrons. The van der Waals surface area contributed by atoms with Gasteiger partial charge in [-0.3, -0.25) is 0 Å². The van der Waals surface area contributed by atoms with Crippen LogP contribution >= 0.6 is 0 Å². The summed E-state index contributed by atoms with van der Waals surface area (Å²) in [5, 5.41) is 2.50. The molecule has 0 heterocycles. The Morgan fingerprint density at radius 2 is 1.14 bits per heavy atom. The first-order valence-corrected chi connectivity index (χ1v) is 12.1. The lowest BCUT2D eigenvalue weighted by Gasteiger charge is -2.14. The summed E-state index contributed by atoms with van der Waals surface area (Å²) in [4.78, 5) is 23.4. The molecule has 0 radical (unpaired) electrons. The Hall–Kier alpha value is -1.26. The van der Waals surface area contributed by atoms with Crippen molar-refractivity contribution < 1.29 is 19.1 Å². The Labute approximate surface area is 179 Å². The minimum atomic E-state index is -0.679. The van der Waals surface area contributed by atoms with Crippen LogP contribution in [0.5, 0.6) is 0 Å². The van der Waals surface area contributed by atoms with Crippen LogP contribution < -0.4 is 5.32 Å². The maximum atomic E-state index is 11.9. The number of rotatable bonds is 19. The number of ether oxygens (including phenoxy) is 2. The summed E-state index contributed by atoms with van der Waals surface area (Å²) >= 11 is 0. The van der Waals surface area contributed by atoms with Gasteiger partial charge in [0.1, 0.15) is 6.04 Å². The van der Waals surface area contributed by atoms with Crippen LogP contribution in [-0.2, 0) is 14.3 Å². The van der Waals surface area contributed by atoms with Gasteiger partial charge in [-0.2, -0.15) is 0 Å². The van der Waals surface area contributed by atoms with Crippen LogP contribution in [0, 0.1) is 5.92 Å². The van der Waals surface area contributed by atoms with Crippen LogP contribution in [-0.4, -0.2) is 31.3 Å². The summed E-state index contributed by atoms with van der Waals surface area (Å²) in [6.07, 6.45) is 17.6. The van der Waals surface area contributed by atoms with E-state index in [0.29, 0.717) is 13.2 Å². The van der Waals surface area contributed by atoms with Gasteiger partial charge in [0, 0.05) is 0 Å². The largest absolute Gasteiger partial charge is 0.464 e. The highest BCUT2D eigenvalue weighted by Crippen LogP contribution is 2.13. The standard InChI is InChI=1S/C24H47NO4/c1-5-6-7-8-9-10-11-12-13-14-15-16-17-18-19-28-23(26)22(4)25-24(27)29-20-21(2)3/h21-22H,5-20H2,1-4H3,(H,25,27)/t22-/m0/s1. The molecule has 0 saturated heterocycles. The molecule has 1 N–H and O–H groups in total. The number of carbonyl (C=O) groups excluding carboxylic acids is 2. The summed E-state index contributed by atoms with van der Waals surface area (Å²) in [5.41, 5.74) is 0. The molecule has 0 bridgehead atoms. The van der Waals surface area contributed by atoms with E-state index in [9.17, 15) is 9.59 Å². The van der Waals surface area contributed by atoms with Gasteiger partial charge in [-0.25, -0.2) is 9.59 Å². The van der Waals surface area contributed by atoms with E-state index in [-0.39, 0.29) is 5.92 Å². The van der Waals surface area contributed by atoms with E-state index in [2.05, 4.69) is 12.2 Å². The number of hydrogen-bond donors (Lipinski definition) is 1. The number of unbranched alkanes of at least 4 members (excludes halogenated alkanes) is 13. The first kappa shape index (κ1) is 27.7. The van der Waals surface area contributed by atoms with Crippen LogP contribution in [0.1, 0.15) is 118 Å². The normalized spacial score (nSPS) is 12.0. The van der Waals surface area contributed by atoms with Gasteiger partial charge >= 0.3 is 12.1 Å². The average molecular weight is 414 g/mol. The highest BCUT2D eigenvalue weighted by molar-refractivity contribution is 5.80. The highest BCUT2D eigenvalue weighted by atomic mass is 16.6. The molecule has 0 unspecified atom stereocenters. The van der Waals surface area contributed by atoms with Crippen molar-refractivity contribution in [3.63, 3.8) is 0 Å². The van der Waals surface area contributed by atoms with E-state index in [4.69, 9.17) is 9.47 Å². The van der Waals surface area contributed by atoms with E-state index in [1.807, 2.05) is 13.8 Å². The van der Waals surface area contributed by atoms with Gasteiger partial charge in [0.05, 0.1) is 13.2 Å². The number of alkyl carbamates (subject to hydrolysis) is 1.